The molecule has 21 heavy (non-hydrogen) atoms. The first-order valence-electron chi connectivity index (χ1n) is 7.21. The summed E-state index contributed by atoms with van der Waals surface area (Å²) >= 11 is 0. The molecule has 0 fully saturated rings. The number of hydrogen-bond acceptors (Lipinski definition) is 3. The van der Waals surface area contributed by atoms with Gasteiger partial charge in [-0.05, 0) is 18.4 Å². The lowest BCUT2D eigenvalue weighted by molar-refractivity contribution is -0.133. The Kier molecular flexibility index (Phi) is 6.88. The number of aryl methyl sites for hydroxylation is 1. The van der Waals surface area contributed by atoms with Gasteiger partial charge in [0.25, 0.3) is 0 Å². The van der Waals surface area contributed by atoms with Gasteiger partial charge in [-0.25, -0.2) is 0 Å². The zero-order chi connectivity index (χ0) is 15.8. The van der Waals surface area contributed by atoms with E-state index in [1.165, 1.54) is 10.5 Å². The average molecular weight is 291 g/mol. The Morgan fingerprint density at radius 1 is 1.29 bits per heavy atom. The number of likely N-dealkylation sites (N-methyl/N-ethyl adjacent to an activating group) is 1. The van der Waals surface area contributed by atoms with Gasteiger partial charge in [0.1, 0.15) is 0 Å². The van der Waals surface area contributed by atoms with Gasteiger partial charge in [-0.1, -0.05) is 37.3 Å². The second-order valence-corrected chi connectivity index (χ2v) is 5.36. The number of nitrogens with one attached hydrogen (secondary N) is 1. The molecule has 2 unspecified atom stereocenters. The first-order valence-corrected chi connectivity index (χ1v) is 7.21. The van der Waals surface area contributed by atoms with E-state index >= 15 is 0 Å². The molecule has 0 heterocycles. The van der Waals surface area contributed by atoms with Crippen molar-refractivity contribution in [2.24, 2.45) is 11.7 Å². The molecular formula is C16H25N3O2. The smallest absolute Gasteiger partial charge is 0.239 e. The third-order valence-electron chi connectivity index (χ3n) is 3.52. The lowest BCUT2D eigenvalue weighted by Gasteiger charge is -2.24. The first kappa shape index (κ1) is 17.2. The molecule has 0 radical (unpaired) electrons. The Morgan fingerprint density at radius 3 is 2.48 bits per heavy atom. The monoisotopic (exact) mass is 291 g/mol. The minimum absolute atomic E-state index is 0.0764. The van der Waals surface area contributed by atoms with Gasteiger partial charge >= 0.3 is 0 Å². The summed E-state index contributed by atoms with van der Waals surface area (Å²) in [7, 11) is 3.27. The van der Waals surface area contributed by atoms with Crippen molar-refractivity contribution in [1.82, 2.24) is 10.2 Å². The van der Waals surface area contributed by atoms with Crippen LogP contribution in [-0.4, -0.2) is 43.4 Å². The van der Waals surface area contributed by atoms with Crippen molar-refractivity contribution in [1.29, 1.82) is 0 Å². The Morgan fingerprint density at radius 2 is 1.90 bits per heavy atom. The zero-order valence-corrected chi connectivity index (χ0v) is 13.0. The Labute approximate surface area is 126 Å². The summed E-state index contributed by atoms with van der Waals surface area (Å²) in [5, 5.41) is 2.58. The molecule has 5 heteroatoms. The van der Waals surface area contributed by atoms with Crippen LogP contribution in [0.15, 0.2) is 30.3 Å². The molecule has 5 nitrogen and oxygen atoms in total. The van der Waals surface area contributed by atoms with Crippen LogP contribution < -0.4 is 11.1 Å². The first-order chi connectivity index (χ1) is 9.95. The molecule has 3 N–H and O–H groups in total. The standard InChI is InChI=1S/C16H25N3O2/c1-12(15(20)18-2)11-19(3)16(21)14(17)10-9-13-7-5-4-6-8-13/h4-8,12,14H,9-11,17H2,1-3H3,(H,18,20). The van der Waals surface area contributed by atoms with Gasteiger partial charge in [-0.3, -0.25) is 9.59 Å². The van der Waals surface area contributed by atoms with E-state index < -0.39 is 6.04 Å². The summed E-state index contributed by atoms with van der Waals surface area (Å²) in [6.07, 6.45) is 1.37. The van der Waals surface area contributed by atoms with E-state index in [9.17, 15) is 9.59 Å². The largest absolute Gasteiger partial charge is 0.359 e. The van der Waals surface area contributed by atoms with E-state index in [2.05, 4.69) is 5.32 Å². The van der Waals surface area contributed by atoms with Gasteiger partial charge < -0.3 is 16.0 Å². The van der Waals surface area contributed by atoms with Crippen LogP contribution in [-0.2, 0) is 16.0 Å². The van der Waals surface area contributed by atoms with Crippen molar-refractivity contribution in [3.8, 4) is 0 Å². The number of rotatable bonds is 7. The highest BCUT2D eigenvalue weighted by Crippen LogP contribution is 2.07. The average Bonchev–Trinajstić information content (AvgIpc) is 2.51. The fourth-order valence-corrected chi connectivity index (χ4v) is 2.20. The fourth-order valence-electron chi connectivity index (χ4n) is 2.20. The molecule has 0 aliphatic carbocycles. The van der Waals surface area contributed by atoms with E-state index in [1.807, 2.05) is 30.3 Å². The van der Waals surface area contributed by atoms with Crippen molar-refractivity contribution in [3.05, 3.63) is 35.9 Å². The highest BCUT2D eigenvalue weighted by molar-refractivity contribution is 5.83. The Bertz CT molecular complexity index is 462. The van der Waals surface area contributed by atoms with Crippen molar-refractivity contribution < 1.29 is 9.59 Å². The van der Waals surface area contributed by atoms with Crippen LogP contribution in [0.4, 0.5) is 0 Å². The molecule has 0 saturated heterocycles. The molecule has 1 rings (SSSR count). The van der Waals surface area contributed by atoms with Crippen LogP contribution in [0.3, 0.4) is 0 Å². The summed E-state index contributed by atoms with van der Waals surface area (Å²) < 4.78 is 0. The van der Waals surface area contributed by atoms with E-state index in [1.54, 1.807) is 21.0 Å². The van der Waals surface area contributed by atoms with Gasteiger partial charge in [-0.15, -0.1) is 0 Å². The Balaban J connectivity index is 2.44. The molecule has 0 saturated carbocycles. The third-order valence-corrected chi connectivity index (χ3v) is 3.52. The summed E-state index contributed by atoms with van der Waals surface area (Å²) in [5.41, 5.74) is 7.13. The number of nitrogens with zero attached hydrogens (tertiary/aromatic N) is 1. The molecule has 0 aliphatic rings. The molecule has 1 aromatic carbocycles. The molecule has 2 amide bonds. The highest BCUT2D eigenvalue weighted by Gasteiger charge is 2.21. The minimum atomic E-state index is -0.535. The van der Waals surface area contributed by atoms with Crippen molar-refractivity contribution >= 4 is 11.8 Å². The number of carbonyl (C=O) groups excluding carboxylic acids is 2. The summed E-state index contributed by atoms with van der Waals surface area (Å²) in [6.45, 7) is 2.16. The van der Waals surface area contributed by atoms with Gasteiger partial charge in [0.05, 0.1) is 12.0 Å². The third kappa shape index (κ3) is 5.55. The number of amides is 2. The molecule has 1 aromatic rings. The molecule has 0 spiro atoms. The van der Waals surface area contributed by atoms with Crippen molar-refractivity contribution in [2.75, 3.05) is 20.6 Å². The van der Waals surface area contributed by atoms with Crippen LogP contribution in [0, 0.1) is 5.92 Å². The molecular weight excluding hydrogens is 266 g/mol. The second kappa shape index (κ2) is 8.42. The summed E-state index contributed by atoms with van der Waals surface area (Å²) in [6, 6.07) is 9.41. The topological polar surface area (TPSA) is 75.4 Å². The summed E-state index contributed by atoms with van der Waals surface area (Å²) in [5.74, 6) is -0.445. The van der Waals surface area contributed by atoms with Gasteiger partial charge in [0, 0.05) is 20.6 Å². The lowest BCUT2D eigenvalue weighted by Crippen LogP contribution is -2.45. The van der Waals surface area contributed by atoms with E-state index in [4.69, 9.17) is 5.73 Å². The van der Waals surface area contributed by atoms with E-state index in [0.29, 0.717) is 13.0 Å². The lowest BCUT2D eigenvalue weighted by atomic mass is 10.0. The number of carbonyl (C=O) groups is 2. The fraction of sp³-hybridized carbons (Fsp3) is 0.500. The second-order valence-electron chi connectivity index (χ2n) is 5.36. The van der Waals surface area contributed by atoms with Crippen molar-refractivity contribution in [2.45, 2.75) is 25.8 Å². The predicted molar refractivity (Wildman–Crippen MR) is 83.6 cm³/mol. The van der Waals surface area contributed by atoms with Crippen LogP contribution in [0.25, 0.3) is 0 Å². The molecule has 0 bridgehead atoms. The quantitative estimate of drug-likeness (QED) is 0.780. The maximum absolute atomic E-state index is 12.2. The van der Waals surface area contributed by atoms with E-state index in [0.717, 1.165) is 6.42 Å². The maximum atomic E-state index is 12.2. The minimum Gasteiger partial charge on any atom is -0.359 e. The van der Waals surface area contributed by atoms with Crippen LogP contribution in [0.2, 0.25) is 0 Å². The maximum Gasteiger partial charge on any atom is 0.239 e. The van der Waals surface area contributed by atoms with Gasteiger partial charge in [0.2, 0.25) is 11.8 Å². The molecule has 2 atom stereocenters. The number of hydrogen-bond donors (Lipinski definition) is 2. The van der Waals surface area contributed by atoms with Crippen LogP contribution in [0.1, 0.15) is 18.9 Å². The van der Waals surface area contributed by atoms with Crippen LogP contribution in [0.5, 0.6) is 0 Å². The zero-order valence-electron chi connectivity index (χ0n) is 13.0. The molecule has 0 aromatic heterocycles. The predicted octanol–water partition coefficient (Wildman–Crippen LogP) is 0.787. The molecule has 0 aliphatic heterocycles. The molecule has 116 valence electrons. The van der Waals surface area contributed by atoms with E-state index in [-0.39, 0.29) is 17.7 Å². The number of benzene rings is 1. The Hall–Kier alpha value is -1.88. The number of nitrogens with two attached hydrogens (primary N) is 1. The normalized spacial score (nSPS) is 13.3. The highest BCUT2D eigenvalue weighted by atomic mass is 16.2. The van der Waals surface area contributed by atoms with Gasteiger partial charge in [0.15, 0.2) is 0 Å². The summed E-state index contributed by atoms with van der Waals surface area (Å²) in [4.78, 5) is 25.2. The van der Waals surface area contributed by atoms with Crippen molar-refractivity contribution in [3.63, 3.8) is 0 Å². The van der Waals surface area contributed by atoms with Crippen LogP contribution >= 0.6 is 0 Å². The SMILES string of the molecule is CNC(=O)C(C)CN(C)C(=O)C(N)CCc1ccccc1. The van der Waals surface area contributed by atoms with Gasteiger partial charge in [-0.2, -0.15) is 0 Å².